The number of nitrogens with zero attached hydrogens (tertiary/aromatic N) is 2. The number of sulfonamides is 1. The molecule has 0 saturated heterocycles. The number of nitrogens with one attached hydrogen (secondary N) is 2. The molecule has 0 aliphatic carbocycles. The zero-order valence-corrected chi connectivity index (χ0v) is 21.9. The Hall–Kier alpha value is -4.16. The highest BCUT2D eigenvalue weighted by atomic mass is 35.5. The van der Waals surface area contributed by atoms with Crippen molar-refractivity contribution < 1.29 is 31.9 Å². The quantitative estimate of drug-likeness (QED) is 0.272. The monoisotopic (exact) mass is 562 g/mol. The smallest absolute Gasteiger partial charge is 0.262 e. The number of anilines is 2. The molecule has 0 atom stereocenters. The van der Waals surface area contributed by atoms with Gasteiger partial charge < -0.3 is 14.8 Å². The lowest BCUT2D eigenvalue weighted by Gasteiger charge is -2.23. The fourth-order valence-electron chi connectivity index (χ4n) is 3.11. The van der Waals surface area contributed by atoms with Gasteiger partial charge in [0.1, 0.15) is 23.9 Å². The molecule has 0 bridgehead atoms. The van der Waals surface area contributed by atoms with E-state index in [2.05, 4.69) is 15.8 Å². The second-order valence-electron chi connectivity index (χ2n) is 7.79. The molecule has 0 fully saturated rings. The summed E-state index contributed by atoms with van der Waals surface area (Å²) < 4.78 is 49.1. The highest BCUT2D eigenvalue weighted by Crippen LogP contribution is 2.32. The summed E-state index contributed by atoms with van der Waals surface area (Å²) in [5.41, 5.74) is 3.44. The number of methoxy groups -OCH3 is 1. The number of carbonyl (C=O) groups excluding carboxylic acids is 2. The fraction of sp³-hybridized carbons (Fsp3) is 0.160. The van der Waals surface area contributed by atoms with Crippen LogP contribution in [0, 0.1) is 5.82 Å². The van der Waals surface area contributed by atoms with Crippen molar-refractivity contribution in [2.24, 2.45) is 5.10 Å². The summed E-state index contributed by atoms with van der Waals surface area (Å²) in [6.07, 6.45) is 2.31. The first kappa shape index (κ1) is 28.4. The Bertz CT molecular complexity index is 1420. The molecule has 2 N–H and O–H groups in total. The molecule has 0 aliphatic heterocycles. The normalized spacial score (nSPS) is 11.2. The van der Waals surface area contributed by atoms with E-state index in [9.17, 15) is 22.4 Å². The molecule has 0 aromatic heterocycles. The number of carbonyl (C=O) groups is 2. The third-order valence-electron chi connectivity index (χ3n) is 4.88. The van der Waals surface area contributed by atoms with Crippen LogP contribution in [0.5, 0.6) is 11.5 Å². The summed E-state index contributed by atoms with van der Waals surface area (Å²) in [4.78, 5) is 24.4. The van der Waals surface area contributed by atoms with Gasteiger partial charge in [-0.1, -0.05) is 11.6 Å². The van der Waals surface area contributed by atoms with Crippen LogP contribution in [0.4, 0.5) is 15.8 Å². The first-order valence-corrected chi connectivity index (χ1v) is 13.2. The Morgan fingerprint density at radius 3 is 2.37 bits per heavy atom. The van der Waals surface area contributed by atoms with Crippen molar-refractivity contribution in [1.82, 2.24) is 5.43 Å². The van der Waals surface area contributed by atoms with Crippen LogP contribution in [-0.4, -0.2) is 53.0 Å². The summed E-state index contributed by atoms with van der Waals surface area (Å²) in [5, 5.41) is 6.71. The van der Waals surface area contributed by atoms with Gasteiger partial charge in [0.05, 0.1) is 25.3 Å². The summed E-state index contributed by atoms with van der Waals surface area (Å²) >= 11 is 6.00. The maximum absolute atomic E-state index is 12.9. The molecular weight excluding hydrogens is 539 g/mol. The number of ether oxygens (including phenoxy) is 2. The molecular formula is C25H24ClFN4O6S. The lowest BCUT2D eigenvalue weighted by molar-refractivity contribution is -0.119. The standard InChI is InChI=1S/C25H24ClFN4O6S/c1-36-23-12-5-18(26)13-22(23)31(38(2,34)35)15-24(32)30-28-14-17-3-10-21(11-4-17)37-16-25(33)29-20-8-6-19(27)7-9-20/h3-14H,15-16H2,1-2H3,(H,29,33)(H,30,32)/b28-14-. The fourth-order valence-corrected chi connectivity index (χ4v) is 4.13. The molecule has 0 heterocycles. The lowest BCUT2D eigenvalue weighted by atomic mass is 10.2. The molecule has 13 heteroatoms. The molecule has 0 radical (unpaired) electrons. The van der Waals surface area contributed by atoms with Crippen LogP contribution in [0.2, 0.25) is 5.02 Å². The summed E-state index contributed by atoms with van der Waals surface area (Å²) in [7, 11) is -2.48. The van der Waals surface area contributed by atoms with Crippen molar-refractivity contribution in [3.05, 3.63) is 83.1 Å². The van der Waals surface area contributed by atoms with Gasteiger partial charge in [-0.3, -0.25) is 13.9 Å². The second kappa shape index (κ2) is 12.9. The van der Waals surface area contributed by atoms with E-state index in [1.54, 1.807) is 24.3 Å². The van der Waals surface area contributed by atoms with Gasteiger partial charge >= 0.3 is 0 Å². The average molecular weight is 563 g/mol. The first-order valence-electron chi connectivity index (χ1n) is 11.0. The van der Waals surface area contributed by atoms with Crippen molar-refractivity contribution >= 4 is 51.0 Å². The molecule has 2 amide bonds. The van der Waals surface area contributed by atoms with Gasteiger partial charge in [0.15, 0.2) is 6.61 Å². The summed E-state index contributed by atoms with van der Waals surface area (Å²) in [6, 6.07) is 16.2. The van der Waals surface area contributed by atoms with Crippen molar-refractivity contribution in [2.45, 2.75) is 0 Å². The zero-order valence-electron chi connectivity index (χ0n) is 20.4. The predicted octanol–water partition coefficient (Wildman–Crippen LogP) is 3.42. The van der Waals surface area contributed by atoms with Crippen molar-refractivity contribution in [3.63, 3.8) is 0 Å². The van der Waals surface area contributed by atoms with Gasteiger partial charge in [0.25, 0.3) is 11.8 Å². The number of rotatable bonds is 11. The molecule has 0 unspecified atom stereocenters. The molecule has 38 heavy (non-hydrogen) atoms. The Kier molecular flexibility index (Phi) is 9.63. The number of hydrazone groups is 1. The van der Waals surface area contributed by atoms with E-state index in [-0.39, 0.29) is 23.1 Å². The number of benzene rings is 3. The molecule has 3 rings (SSSR count). The van der Waals surface area contributed by atoms with Gasteiger partial charge in [-0.05, 0) is 72.3 Å². The molecule has 3 aromatic carbocycles. The van der Waals surface area contributed by atoms with E-state index >= 15 is 0 Å². The maximum Gasteiger partial charge on any atom is 0.262 e. The minimum atomic E-state index is -3.85. The van der Waals surface area contributed by atoms with Crippen molar-refractivity contribution in [3.8, 4) is 11.5 Å². The predicted molar refractivity (Wildman–Crippen MR) is 143 cm³/mol. The Balaban J connectivity index is 1.53. The van der Waals surface area contributed by atoms with Gasteiger partial charge in [0.2, 0.25) is 10.0 Å². The summed E-state index contributed by atoms with van der Waals surface area (Å²) in [6.45, 7) is -0.811. The van der Waals surface area contributed by atoms with E-state index in [1.807, 2.05) is 0 Å². The van der Waals surface area contributed by atoms with Crippen LogP contribution < -0.4 is 24.5 Å². The SMILES string of the molecule is COc1ccc(Cl)cc1N(CC(=O)N/N=C\c1ccc(OCC(=O)Nc2ccc(F)cc2)cc1)S(C)(=O)=O. The van der Waals surface area contributed by atoms with Crippen LogP contribution in [0.15, 0.2) is 71.8 Å². The van der Waals surface area contributed by atoms with Gasteiger partial charge in [0, 0.05) is 10.7 Å². The third-order valence-corrected chi connectivity index (χ3v) is 6.24. The molecule has 10 nitrogen and oxygen atoms in total. The minimum absolute atomic E-state index is 0.114. The zero-order chi connectivity index (χ0) is 27.7. The third kappa shape index (κ3) is 8.46. The lowest BCUT2D eigenvalue weighted by Crippen LogP contribution is -2.39. The minimum Gasteiger partial charge on any atom is -0.495 e. The van der Waals surface area contributed by atoms with Crippen LogP contribution in [-0.2, 0) is 19.6 Å². The largest absolute Gasteiger partial charge is 0.495 e. The Morgan fingerprint density at radius 2 is 1.74 bits per heavy atom. The van der Waals surface area contributed by atoms with E-state index in [0.29, 0.717) is 17.0 Å². The Labute approximate surface area is 224 Å². The van der Waals surface area contributed by atoms with E-state index in [4.69, 9.17) is 21.1 Å². The molecule has 3 aromatic rings. The van der Waals surface area contributed by atoms with Gasteiger partial charge in [-0.25, -0.2) is 18.2 Å². The highest BCUT2D eigenvalue weighted by molar-refractivity contribution is 7.92. The average Bonchev–Trinajstić information content (AvgIpc) is 2.87. The molecule has 200 valence electrons. The van der Waals surface area contributed by atoms with Crippen molar-refractivity contribution in [1.29, 1.82) is 0 Å². The highest BCUT2D eigenvalue weighted by Gasteiger charge is 2.24. The number of hydrogen-bond donors (Lipinski definition) is 2. The number of amides is 2. The Morgan fingerprint density at radius 1 is 1.05 bits per heavy atom. The van der Waals surface area contributed by atoms with Crippen LogP contribution in [0.3, 0.4) is 0 Å². The van der Waals surface area contributed by atoms with Crippen LogP contribution in [0.1, 0.15) is 5.56 Å². The first-order chi connectivity index (χ1) is 18.0. The summed E-state index contributed by atoms with van der Waals surface area (Å²) in [5.74, 6) is -0.869. The molecule has 0 aliphatic rings. The second-order valence-corrected chi connectivity index (χ2v) is 10.1. The maximum atomic E-state index is 12.9. The van der Waals surface area contributed by atoms with Gasteiger partial charge in [-0.2, -0.15) is 5.10 Å². The van der Waals surface area contributed by atoms with E-state index in [1.165, 1.54) is 55.8 Å². The van der Waals surface area contributed by atoms with Crippen LogP contribution in [0.25, 0.3) is 0 Å². The number of halogens is 2. The molecule has 0 saturated carbocycles. The molecule has 0 spiro atoms. The van der Waals surface area contributed by atoms with Crippen molar-refractivity contribution in [2.75, 3.05) is 36.1 Å². The van der Waals surface area contributed by atoms with E-state index < -0.39 is 34.2 Å². The topological polar surface area (TPSA) is 126 Å². The number of hydrogen-bond acceptors (Lipinski definition) is 7. The van der Waals surface area contributed by atoms with Gasteiger partial charge in [-0.15, -0.1) is 0 Å². The van der Waals surface area contributed by atoms with Crippen LogP contribution >= 0.6 is 11.6 Å². The van der Waals surface area contributed by atoms with E-state index in [0.717, 1.165) is 10.6 Å².